The van der Waals surface area contributed by atoms with Crippen LogP contribution in [0.15, 0.2) is 18.2 Å². The predicted octanol–water partition coefficient (Wildman–Crippen LogP) is 1.33. The molecule has 1 N–H and O–H groups in total. The fourth-order valence-electron chi connectivity index (χ4n) is 1.73. The topological polar surface area (TPSA) is 73.9 Å². The molecule has 1 aliphatic heterocycles. The lowest BCUT2D eigenvalue weighted by Crippen LogP contribution is -2.25. The molecule has 1 aliphatic rings. The average Bonchev–Trinajstić information content (AvgIpc) is 2.93. The van der Waals surface area contributed by atoms with Crippen LogP contribution in [-0.4, -0.2) is 36.8 Å². The van der Waals surface area contributed by atoms with Crippen LogP contribution in [0.25, 0.3) is 0 Å². The smallest absolute Gasteiger partial charge is 0.315 e. The molecule has 21 heavy (non-hydrogen) atoms. The van der Waals surface area contributed by atoms with Crippen LogP contribution in [0, 0.1) is 0 Å². The number of carbonyl (C=O) groups excluding carboxylic acids is 2. The van der Waals surface area contributed by atoms with E-state index in [-0.39, 0.29) is 30.2 Å². The van der Waals surface area contributed by atoms with Crippen LogP contribution >= 0.6 is 11.8 Å². The van der Waals surface area contributed by atoms with E-state index in [0.29, 0.717) is 18.9 Å². The Morgan fingerprint density at radius 1 is 1.29 bits per heavy atom. The molecule has 0 atom stereocenters. The van der Waals surface area contributed by atoms with Gasteiger partial charge in [0.05, 0.1) is 18.1 Å². The Bertz CT molecular complexity index is 520. The van der Waals surface area contributed by atoms with Crippen molar-refractivity contribution in [1.82, 2.24) is 5.32 Å². The van der Waals surface area contributed by atoms with E-state index >= 15 is 0 Å². The van der Waals surface area contributed by atoms with E-state index in [1.165, 1.54) is 11.8 Å². The van der Waals surface area contributed by atoms with Crippen LogP contribution in [0.5, 0.6) is 11.5 Å². The van der Waals surface area contributed by atoms with E-state index in [0.717, 1.165) is 11.3 Å². The number of amides is 1. The summed E-state index contributed by atoms with van der Waals surface area (Å²) in [6, 6.07) is 5.53. The second-order valence-electron chi connectivity index (χ2n) is 4.26. The molecule has 1 aromatic rings. The third-order valence-electron chi connectivity index (χ3n) is 2.69. The maximum atomic E-state index is 11.6. The highest BCUT2D eigenvalue weighted by Crippen LogP contribution is 2.32. The van der Waals surface area contributed by atoms with Crippen LogP contribution < -0.4 is 14.8 Å². The Morgan fingerprint density at radius 3 is 2.90 bits per heavy atom. The van der Waals surface area contributed by atoms with Crippen molar-refractivity contribution in [1.29, 1.82) is 0 Å². The number of benzene rings is 1. The monoisotopic (exact) mass is 311 g/mol. The second kappa shape index (κ2) is 7.78. The molecule has 0 aliphatic carbocycles. The molecule has 0 saturated heterocycles. The first-order valence-electron chi connectivity index (χ1n) is 6.57. The van der Waals surface area contributed by atoms with Gasteiger partial charge in [0.15, 0.2) is 11.5 Å². The summed E-state index contributed by atoms with van der Waals surface area (Å²) >= 11 is 1.23. The number of fused-ring (bicyclic) bond motifs is 1. The largest absolute Gasteiger partial charge is 0.465 e. The van der Waals surface area contributed by atoms with Gasteiger partial charge in [0.25, 0.3) is 0 Å². The van der Waals surface area contributed by atoms with Crippen LogP contribution in [0.3, 0.4) is 0 Å². The third-order valence-corrected chi connectivity index (χ3v) is 3.59. The molecule has 0 unspecified atom stereocenters. The van der Waals surface area contributed by atoms with Gasteiger partial charge in [0.2, 0.25) is 12.7 Å². The zero-order chi connectivity index (χ0) is 15.1. The molecule has 0 saturated carbocycles. The predicted molar refractivity (Wildman–Crippen MR) is 78.4 cm³/mol. The van der Waals surface area contributed by atoms with Crippen molar-refractivity contribution in [2.24, 2.45) is 0 Å². The van der Waals surface area contributed by atoms with Crippen molar-refractivity contribution in [3.63, 3.8) is 0 Å². The summed E-state index contributed by atoms with van der Waals surface area (Å²) in [5.74, 6) is 1.40. The molecule has 6 nitrogen and oxygen atoms in total. The standard InChI is InChI=1S/C14H17NO5S/c1-2-18-14(17)8-21-7-13(16)15-6-10-3-4-11-12(5-10)20-9-19-11/h3-5H,2,6-9H2,1H3,(H,15,16). The summed E-state index contributed by atoms with van der Waals surface area (Å²) < 4.78 is 15.3. The number of carbonyl (C=O) groups is 2. The molecule has 0 fully saturated rings. The van der Waals surface area contributed by atoms with Gasteiger partial charge in [-0.1, -0.05) is 6.07 Å². The fourth-order valence-corrected chi connectivity index (χ4v) is 2.37. The first-order valence-corrected chi connectivity index (χ1v) is 7.73. The Balaban J connectivity index is 1.68. The molecule has 7 heteroatoms. The van der Waals surface area contributed by atoms with Crippen molar-refractivity contribution < 1.29 is 23.8 Å². The number of esters is 1. The van der Waals surface area contributed by atoms with Gasteiger partial charge in [-0.15, -0.1) is 11.8 Å². The Kier molecular flexibility index (Phi) is 5.74. The normalized spacial score (nSPS) is 12.0. The molecule has 0 aromatic heterocycles. The van der Waals surface area contributed by atoms with Crippen molar-refractivity contribution in [3.8, 4) is 11.5 Å². The lowest BCUT2D eigenvalue weighted by Gasteiger charge is -2.06. The number of nitrogens with one attached hydrogen (secondary N) is 1. The van der Waals surface area contributed by atoms with Gasteiger partial charge in [-0.3, -0.25) is 9.59 Å². The van der Waals surface area contributed by atoms with Crippen molar-refractivity contribution in [2.45, 2.75) is 13.5 Å². The van der Waals surface area contributed by atoms with E-state index in [9.17, 15) is 9.59 Å². The molecule has 2 rings (SSSR count). The molecule has 0 radical (unpaired) electrons. The molecule has 114 valence electrons. The van der Waals surface area contributed by atoms with Gasteiger partial charge >= 0.3 is 5.97 Å². The highest BCUT2D eigenvalue weighted by atomic mass is 32.2. The molecule has 1 heterocycles. The van der Waals surface area contributed by atoms with Crippen LogP contribution in [0.1, 0.15) is 12.5 Å². The maximum Gasteiger partial charge on any atom is 0.315 e. The van der Waals surface area contributed by atoms with E-state index in [1.54, 1.807) is 6.92 Å². The first-order chi connectivity index (χ1) is 10.2. The molecule has 0 spiro atoms. The van der Waals surface area contributed by atoms with Crippen LogP contribution in [0.2, 0.25) is 0 Å². The van der Waals surface area contributed by atoms with Crippen LogP contribution in [0.4, 0.5) is 0 Å². The summed E-state index contributed by atoms with van der Waals surface area (Å²) in [7, 11) is 0. The Labute approximate surface area is 127 Å². The summed E-state index contributed by atoms with van der Waals surface area (Å²) in [5.41, 5.74) is 0.933. The SMILES string of the molecule is CCOC(=O)CSCC(=O)NCc1ccc2c(c1)OCO2. The average molecular weight is 311 g/mol. The number of ether oxygens (including phenoxy) is 3. The highest BCUT2D eigenvalue weighted by molar-refractivity contribution is 8.00. The lowest BCUT2D eigenvalue weighted by atomic mass is 10.2. The van der Waals surface area contributed by atoms with Gasteiger partial charge in [0, 0.05) is 6.54 Å². The molecule has 0 bridgehead atoms. The lowest BCUT2D eigenvalue weighted by molar-refractivity contribution is -0.139. The van der Waals surface area contributed by atoms with Crippen LogP contribution in [-0.2, 0) is 20.9 Å². The minimum Gasteiger partial charge on any atom is -0.465 e. The zero-order valence-corrected chi connectivity index (χ0v) is 12.5. The Morgan fingerprint density at radius 2 is 2.10 bits per heavy atom. The van der Waals surface area contributed by atoms with Gasteiger partial charge in [-0.2, -0.15) is 0 Å². The van der Waals surface area contributed by atoms with Crippen molar-refractivity contribution in [3.05, 3.63) is 23.8 Å². The van der Waals surface area contributed by atoms with Crippen molar-refractivity contribution >= 4 is 23.6 Å². The molecular weight excluding hydrogens is 294 g/mol. The van der Waals surface area contributed by atoms with Gasteiger partial charge in [0.1, 0.15) is 0 Å². The van der Waals surface area contributed by atoms with Gasteiger partial charge in [-0.25, -0.2) is 0 Å². The molecule has 1 amide bonds. The number of hydrogen-bond acceptors (Lipinski definition) is 6. The van der Waals surface area contributed by atoms with Gasteiger partial charge < -0.3 is 19.5 Å². The number of hydrogen-bond donors (Lipinski definition) is 1. The Hall–Kier alpha value is -1.89. The minimum absolute atomic E-state index is 0.123. The quantitative estimate of drug-likeness (QED) is 0.766. The third kappa shape index (κ3) is 4.86. The van der Waals surface area contributed by atoms with E-state index < -0.39 is 0 Å². The molecule has 1 aromatic carbocycles. The summed E-state index contributed by atoms with van der Waals surface area (Å²) in [6.45, 7) is 2.75. The maximum absolute atomic E-state index is 11.6. The summed E-state index contributed by atoms with van der Waals surface area (Å²) in [5, 5.41) is 2.79. The highest BCUT2D eigenvalue weighted by Gasteiger charge is 2.13. The number of thioether (sulfide) groups is 1. The zero-order valence-electron chi connectivity index (χ0n) is 11.7. The summed E-state index contributed by atoms with van der Waals surface area (Å²) in [6.07, 6.45) is 0. The van der Waals surface area contributed by atoms with E-state index in [2.05, 4.69) is 5.32 Å². The van der Waals surface area contributed by atoms with Gasteiger partial charge in [-0.05, 0) is 24.6 Å². The molecular formula is C14H17NO5S. The number of rotatable bonds is 7. The first kappa shape index (κ1) is 15.5. The summed E-state index contributed by atoms with van der Waals surface area (Å²) in [4.78, 5) is 22.8. The fraction of sp³-hybridized carbons (Fsp3) is 0.429. The van der Waals surface area contributed by atoms with Crippen molar-refractivity contribution in [2.75, 3.05) is 24.9 Å². The van der Waals surface area contributed by atoms with E-state index in [1.807, 2.05) is 18.2 Å². The van der Waals surface area contributed by atoms with E-state index in [4.69, 9.17) is 14.2 Å². The minimum atomic E-state index is -0.300. The second-order valence-corrected chi connectivity index (χ2v) is 5.25.